The van der Waals surface area contributed by atoms with Crippen molar-refractivity contribution < 1.29 is 0 Å². The summed E-state index contributed by atoms with van der Waals surface area (Å²) in [6, 6.07) is 24.4. The van der Waals surface area contributed by atoms with E-state index in [-0.39, 0.29) is 5.41 Å². The average molecular weight is 284 g/mol. The molecule has 0 aromatic heterocycles. The van der Waals surface area contributed by atoms with Crippen LogP contribution in [0.2, 0.25) is 0 Å². The third-order valence-electron chi connectivity index (χ3n) is 4.56. The van der Waals surface area contributed by atoms with Crippen LogP contribution < -0.4 is 0 Å². The summed E-state index contributed by atoms with van der Waals surface area (Å²) < 4.78 is 0. The van der Waals surface area contributed by atoms with Crippen molar-refractivity contribution >= 4 is 32.3 Å². The van der Waals surface area contributed by atoms with Gasteiger partial charge in [-0.15, -0.1) is 0 Å². The monoisotopic (exact) mass is 284 g/mol. The summed E-state index contributed by atoms with van der Waals surface area (Å²) >= 11 is 0. The summed E-state index contributed by atoms with van der Waals surface area (Å²) in [5.41, 5.74) is 1.55. The highest BCUT2D eigenvalue weighted by Gasteiger charge is 2.18. The van der Waals surface area contributed by atoms with Gasteiger partial charge in [-0.3, -0.25) is 0 Å². The van der Waals surface area contributed by atoms with Crippen molar-refractivity contribution in [3.8, 4) is 0 Å². The first kappa shape index (κ1) is 13.3. The molecule has 0 fully saturated rings. The first-order valence-electron chi connectivity index (χ1n) is 7.89. The second kappa shape index (κ2) is 4.58. The fourth-order valence-electron chi connectivity index (χ4n) is 3.50. The number of hydrogen-bond donors (Lipinski definition) is 0. The number of benzene rings is 4. The normalized spacial score (nSPS) is 12.3. The van der Waals surface area contributed by atoms with Gasteiger partial charge in [0.15, 0.2) is 0 Å². The molecule has 4 aromatic carbocycles. The molecular formula is C22H20. The molecule has 0 saturated heterocycles. The molecule has 4 aromatic rings. The van der Waals surface area contributed by atoms with E-state index in [9.17, 15) is 0 Å². The van der Waals surface area contributed by atoms with Crippen LogP contribution in [0.4, 0.5) is 0 Å². The Morgan fingerprint density at radius 1 is 0.545 bits per heavy atom. The van der Waals surface area contributed by atoms with Gasteiger partial charge in [0, 0.05) is 0 Å². The van der Waals surface area contributed by atoms with Gasteiger partial charge in [0.2, 0.25) is 0 Å². The first-order valence-corrected chi connectivity index (χ1v) is 7.89. The van der Waals surface area contributed by atoms with Gasteiger partial charge in [0.05, 0.1) is 0 Å². The summed E-state index contributed by atoms with van der Waals surface area (Å²) in [5.74, 6) is 0. The molecule has 0 saturated carbocycles. The van der Waals surface area contributed by atoms with E-state index in [2.05, 4.69) is 87.5 Å². The Hall–Kier alpha value is -2.34. The molecule has 4 rings (SSSR count). The van der Waals surface area contributed by atoms with E-state index in [1.807, 2.05) is 0 Å². The molecule has 0 spiro atoms. The topological polar surface area (TPSA) is 0 Å². The molecule has 108 valence electrons. The molecular weight excluding hydrogens is 264 g/mol. The Morgan fingerprint density at radius 2 is 1.14 bits per heavy atom. The number of hydrogen-bond acceptors (Lipinski definition) is 0. The van der Waals surface area contributed by atoms with E-state index >= 15 is 0 Å². The van der Waals surface area contributed by atoms with Crippen molar-refractivity contribution in [1.82, 2.24) is 0 Å². The van der Waals surface area contributed by atoms with Gasteiger partial charge < -0.3 is 0 Å². The van der Waals surface area contributed by atoms with Gasteiger partial charge in [0.1, 0.15) is 0 Å². The molecule has 0 aliphatic rings. The molecule has 0 unspecified atom stereocenters. The second-order valence-corrected chi connectivity index (χ2v) is 7.10. The zero-order chi connectivity index (χ0) is 15.3. The lowest BCUT2D eigenvalue weighted by Gasteiger charge is -2.23. The minimum Gasteiger partial charge on any atom is -0.0616 e. The van der Waals surface area contributed by atoms with Crippen LogP contribution in [0.5, 0.6) is 0 Å². The highest BCUT2D eigenvalue weighted by molar-refractivity contribution is 6.21. The summed E-state index contributed by atoms with van der Waals surface area (Å²) in [6.45, 7) is 6.89. The van der Waals surface area contributed by atoms with E-state index in [0.717, 1.165) is 0 Å². The molecule has 0 aliphatic heterocycles. The van der Waals surface area contributed by atoms with Crippen LogP contribution in [-0.4, -0.2) is 0 Å². The molecule has 0 heterocycles. The third kappa shape index (κ3) is 1.91. The van der Waals surface area contributed by atoms with E-state index in [0.29, 0.717) is 0 Å². The summed E-state index contributed by atoms with van der Waals surface area (Å²) in [4.78, 5) is 0. The standard InChI is InChI=1S/C22H20/c1-22(2,3)19-10-6-8-16-13-14-17-12-11-15-7-4-5-9-18(15)20(17)21(16)19/h4-14H,1-3H3. The van der Waals surface area contributed by atoms with Crippen molar-refractivity contribution in [3.05, 3.63) is 72.3 Å². The average Bonchev–Trinajstić information content (AvgIpc) is 2.52. The van der Waals surface area contributed by atoms with E-state index < -0.39 is 0 Å². The quantitative estimate of drug-likeness (QED) is 0.326. The minimum absolute atomic E-state index is 0.130. The Labute approximate surface area is 131 Å². The maximum Gasteiger partial charge on any atom is -0.00238 e. The van der Waals surface area contributed by atoms with Gasteiger partial charge in [-0.05, 0) is 43.3 Å². The zero-order valence-corrected chi connectivity index (χ0v) is 13.4. The van der Waals surface area contributed by atoms with Gasteiger partial charge in [-0.25, -0.2) is 0 Å². The molecule has 0 aliphatic carbocycles. The van der Waals surface area contributed by atoms with Crippen LogP contribution in [0.15, 0.2) is 66.7 Å². The lowest BCUT2D eigenvalue weighted by molar-refractivity contribution is 0.596. The molecule has 0 nitrogen and oxygen atoms in total. The van der Waals surface area contributed by atoms with Crippen molar-refractivity contribution in [2.75, 3.05) is 0 Å². The van der Waals surface area contributed by atoms with E-state index in [1.54, 1.807) is 0 Å². The van der Waals surface area contributed by atoms with Crippen LogP contribution >= 0.6 is 0 Å². The summed E-state index contributed by atoms with van der Waals surface area (Å²) in [5, 5.41) is 8.11. The van der Waals surface area contributed by atoms with Crippen molar-refractivity contribution in [2.24, 2.45) is 0 Å². The Bertz CT molecular complexity index is 995. The van der Waals surface area contributed by atoms with Crippen molar-refractivity contribution in [2.45, 2.75) is 26.2 Å². The number of rotatable bonds is 0. The van der Waals surface area contributed by atoms with Crippen LogP contribution in [0, 0.1) is 0 Å². The molecule has 0 heteroatoms. The zero-order valence-electron chi connectivity index (χ0n) is 13.4. The maximum atomic E-state index is 2.30. The van der Waals surface area contributed by atoms with E-state index in [4.69, 9.17) is 0 Å². The molecule has 0 amide bonds. The predicted molar refractivity (Wildman–Crippen MR) is 97.7 cm³/mol. The SMILES string of the molecule is CC(C)(C)c1cccc2ccc3ccc4ccccc4c3c12. The van der Waals surface area contributed by atoms with Gasteiger partial charge in [-0.2, -0.15) is 0 Å². The Morgan fingerprint density at radius 3 is 1.86 bits per heavy atom. The number of fused-ring (bicyclic) bond motifs is 5. The van der Waals surface area contributed by atoms with Crippen LogP contribution in [0.1, 0.15) is 26.3 Å². The third-order valence-corrected chi connectivity index (χ3v) is 4.56. The predicted octanol–water partition coefficient (Wildman–Crippen LogP) is 6.44. The summed E-state index contributed by atoms with van der Waals surface area (Å²) in [6.07, 6.45) is 0. The molecule has 0 N–H and O–H groups in total. The lowest BCUT2D eigenvalue weighted by atomic mass is 9.81. The van der Waals surface area contributed by atoms with Crippen LogP contribution in [-0.2, 0) is 5.41 Å². The van der Waals surface area contributed by atoms with Gasteiger partial charge in [0.25, 0.3) is 0 Å². The molecule has 0 atom stereocenters. The van der Waals surface area contributed by atoms with Gasteiger partial charge in [-0.1, -0.05) is 87.5 Å². The van der Waals surface area contributed by atoms with E-state index in [1.165, 1.54) is 37.9 Å². The smallest absolute Gasteiger partial charge is 0.00238 e. The second-order valence-electron chi connectivity index (χ2n) is 7.10. The Kier molecular flexibility index (Phi) is 2.77. The first-order chi connectivity index (χ1) is 10.6. The molecule has 0 radical (unpaired) electrons. The van der Waals surface area contributed by atoms with Crippen LogP contribution in [0.25, 0.3) is 32.3 Å². The largest absolute Gasteiger partial charge is 0.0616 e. The fourth-order valence-corrected chi connectivity index (χ4v) is 3.50. The van der Waals surface area contributed by atoms with Crippen molar-refractivity contribution in [1.29, 1.82) is 0 Å². The highest BCUT2D eigenvalue weighted by atomic mass is 14.2. The summed E-state index contributed by atoms with van der Waals surface area (Å²) in [7, 11) is 0. The fraction of sp³-hybridized carbons (Fsp3) is 0.182. The van der Waals surface area contributed by atoms with Gasteiger partial charge >= 0.3 is 0 Å². The molecule has 0 bridgehead atoms. The maximum absolute atomic E-state index is 2.30. The Balaban J connectivity index is 2.34. The lowest BCUT2D eigenvalue weighted by Crippen LogP contribution is -2.11. The van der Waals surface area contributed by atoms with Crippen LogP contribution in [0.3, 0.4) is 0 Å². The van der Waals surface area contributed by atoms with Crippen molar-refractivity contribution in [3.63, 3.8) is 0 Å². The highest BCUT2D eigenvalue weighted by Crippen LogP contribution is 2.38. The molecule has 22 heavy (non-hydrogen) atoms. The minimum atomic E-state index is 0.130.